The second-order valence-electron chi connectivity index (χ2n) is 3.73. The van der Waals surface area contributed by atoms with E-state index < -0.39 is 10.0 Å². The van der Waals surface area contributed by atoms with Gasteiger partial charge in [-0.1, -0.05) is 11.6 Å². The predicted molar refractivity (Wildman–Crippen MR) is 74.3 cm³/mol. The van der Waals surface area contributed by atoms with Crippen molar-refractivity contribution in [3.63, 3.8) is 0 Å². The van der Waals surface area contributed by atoms with Crippen molar-refractivity contribution in [2.24, 2.45) is 0 Å². The number of thioether (sulfide) groups is 1. The van der Waals surface area contributed by atoms with Crippen molar-refractivity contribution in [2.45, 2.75) is 17.9 Å². The third kappa shape index (κ3) is 3.89. The van der Waals surface area contributed by atoms with Gasteiger partial charge in [-0.05, 0) is 31.4 Å². The maximum absolute atomic E-state index is 12.1. The Balaban J connectivity index is 3.03. The molecule has 0 aliphatic heterocycles. The normalized spacial score (nSPS) is 13.0. The summed E-state index contributed by atoms with van der Waals surface area (Å²) in [7, 11) is -3.64. The SMILES string of the molecule is CSCC(C)NS(=O)(=O)c1ccc(C#N)cc1Cl. The van der Waals surface area contributed by atoms with E-state index in [1.54, 1.807) is 18.7 Å². The standard InChI is InChI=1S/C11H13ClN2O2S2/c1-8(7-17-2)14-18(15,16)11-4-3-9(6-13)5-10(11)12/h3-5,8,14H,7H2,1-2H3. The molecule has 0 aliphatic carbocycles. The van der Waals surface area contributed by atoms with Gasteiger partial charge in [-0.3, -0.25) is 0 Å². The van der Waals surface area contributed by atoms with E-state index in [0.717, 1.165) is 0 Å². The molecular formula is C11H13ClN2O2S2. The van der Waals surface area contributed by atoms with Crippen molar-refractivity contribution in [2.75, 3.05) is 12.0 Å². The Morgan fingerprint density at radius 2 is 2.22 bits per heavy atom. The molecule has 0 radical (unpaired) electrons. The molecule has 0 aliphatic rings. The van der Waals surface area contributed by atoms with Gasteiger partial charge in [0.1, 0.15) is 4.90 Å². The molecule has 1 aromatic rings. The van der Waals surface area contributed by atoms with Crippen molar-refractivity contribution >= 4 is 33.4 Å². The van der Waals surface area contributed by atoms with E-state index in [1.165, 1.54) is 18.2 Å². The molecule has 1 atom stereocenters. The number of nitriles is 1. The lowest BCUT2D eigenvalue weighted by atomic mass is 10.2. The fourth-order valence-electron chi connectivity index (χ4n) is 1.40. The third-order valence-corrected chi connectivity index (χ3v) is 5.03. The number of hydrogen-bond acceptors (Lipinski definition) is 4. The summed E-state index contributed by atoms with van der Waals surface area (Å²) in [6.07, 6.45) is 1.90. The van der Waals surface area contributed by atoms with Crippen LogP contribution in [0, 0.1) is 11.3 Å². The van der Waals surface area contributed by atoms with Crippen LogP contribution < -0.4 is 4.72 Å². The van der Waals surface area contributed by atoms with Crippen LogP contribution in [-0.2, 0) is 10.0 Å². The maximum Gasteiger partial charge on any atom is 0.242 e. The number of sulfonamides is 1. The molecule has 98 valence electrons. The number of halogens is 1. The highest BCUT2D eigenvalue weighted by molar-refractivity contribution is 7.98. The zero-order valence-corrected chi connectivity index (χ0v) is 12.4. The van der Waals surface area contributed by atoms with Gasteiger partial charge in [0.25, 0.3) is 0 Å². The summed E-state index contributed by atoms with van der Waals surface area (Å²) in [4.78, 5) is -0.00359. The Kier molecular flexibility index (Phi) is 5.47. The second kappa shape index (κ2) is 6.43. The number of benzene rings is 1. The van der Waals surface area contributed by atoms with E-state index in [4.69, 9.17) is 16.9 Å². The fourth-order valence-corrected chi connectivity index (χ4v) is 3.88. The molecule has 0 saturated carbocycles. The molecule has 1 rings (SSSR count). The molecule has 1 N–H and O–H groups in total. The topological polar surface area (TPSA) is 70.0 Å². The molecule has 0 amide bonds. The van der Waals surface area contributed by atoms with Gasteiger partial charge in [-0.15, -0.1) is 0 Å². The van der Waals surface area contributed by atoms with E-state index in [2.05, 4.69) is 4.72 Å². The molecular weight excluding hydrogens is 292 g/mol. The van der Waals surface area contributed by atoms with Crippen LogP contribution in [0.2, 0.25) is 5.02 Å². The first-order valence-corrected chi connectivity index (χ1v) is 8.37. The summed E-state index contributed by atoms with van der Waals surface area (Å²) in [5.41, 5.74) is 0.330. The van der Waals surface area contributed by atoms with E-state index >= 15 is 0 Å². The lowest BCUT2D eigenvalue weighted by Crippen LogP contribution is -2.34. The van der Waals surface area contributed by atoms with Crippen LogP contribution in [0.3, 0.4) is 0 Å². The molecule has 0 heterocycles. The Morgan fingerprint density at radius 1 is 1.56 bits per heavy atom. The van der Waals surface area contributed by atoms with Gasteiger partial charge in [-0.25, -0.2) is 13.1 Å². The zero-order valence-electron chi connectivity index (χ0n) is 9.97. The predicted octanol–water partition coefficient (Wildman–Crippen LogP) is 2.24. The fraction of sp³-hybridized carbons (Fsp3) is 0.364. The van der Waals surface area contributed by atoms with Crippen molar-refractivity contribution in [3.8, 4) is 6.07 Å². The molecule has 18 heavy (non-hydrogen) atoms. The minimum absolute atomic E-state index is 0.00359. The highest BCUT2D eigenvalue weighted by Gasteiger charge is 2.20. The van der Waals surface area contributed by atoms with Gasteiger partial charge >= 0.3 is 0 Å². The summed E-state index contributed by atoms with van der Waals surface area (Å²) < 4.78 is 26.6. The zero-order chi connectivity index (χ0) is 13.8. The molecule has 1 unspecified atom stereocenters. The van der Waals surface area contributed by atoms with Crippen LogP contribution in [0.5, 0.6) is 0 Å². The lowest BCUT2D eigenvalue weighted by Gasteiger charge is -2.13. The third-order valence-electron chi connectivity index (χ3n) is 2.12. The van der Waals surface area contributed by atoms with Crippen LogP contribution in [0.1, 0.15) is 12.5 Å². The maximum atomic E-state index is 12.1. The Bertz CT molecular complexity index is 567. The summed E-state index contributed by atoms with van der Waals surface area (Å²) in [6.45, 7) is 1.78. The van der Waals surface area contributed by atoms with E-state index in [1.807, 2.05) is 12.3 Å². The van der Waals surface area contributed by atoms with Crippen LogP contribution in [0.25, 0.3) is 0 Å². The van der Waals surface area contributed by atoms with Gasteiger partial charge in [0.05, 0.1) is 16.7 Å². The second-order valence-corrected chi connectivity index (χ2v) is 6.73. The van der Waals surface area contributed by atoms with Gasteiger partial charge in [-0.2, -0.15) is 17.0 Å². The number of hydrogen-bond donors (Lipinski definition) is 1. The van der Waals surface area contributed by atoms with Crippen LogP contribution >= 0.6 is 23.4 Å². The van der Waals surface area contributed by atoms with Gasteiger partial charge in [0, 0.05) is 11.8 Å². The van der Waals surface area contributed by atoms with Crippen LogP contribution in [-0.4, -0.2) is 26.5 Å². The molecule has 0 fully saturated rings. The highest BCUT2D eigenvalue weighted by Crippen LogP contribution is 2.22. The monoisotopic (exact) mass is 304 g/mol. The molecule has 0 saturated heterocycles. The Labute approximate surface area is 116 Å². The molecule has 0 aromatic heterocycles. The molecule has 0 spiro atoms. The van der Waals surface area contributed by atoms with Gasteiger partial charge in [0.15, 0.2) is 0 Å². The van der Waals surface area contributed by atoms with Gasteiger partial charge < -0.3 is 0 Å². The van der Waals surface area contributed by atoms with E-state index in [9.17, 15) is 8.42 Å². The molecule has 7 heteroatoms. The van der Waals surface area contributed by atoms with E-state index in [0.29, 0.717) is 11.3 Å². The number of rotatable bonds is 5. The average molecular weight is 305 g/mol. The molecule has 4 nitrogen and oxygen atoms in total. The first kappa shape index (κ1) is 15.3. The van der Waals surface area contributed by atoms with Crippen molar-refractivity contribution in [1.82, 2.24) is 4.72 Å². The van der Waals surface area contributed by atoms with Crippen molar-refractivity contribution < 1.29 is 8.42 Å². The quantitative estimate of drug-likeness (QED) is 0.905. The van der Waals surface area contributed by atoms with Crippen molar-refractivity contribution in [3.05, 3.63) is 28.8 Å². The van der Waals surface area contributed by atoms with Crippen LogP contribution in [0.15, 0.2) is 23.1 Å². The minimum atomic E-state index is -3.64. The largest absolute Gasteiger partial charge is 0.242 e. The smallest absolute Gasteiger partial charge is 0.207 e. The Morgan fingerprint density at radius 3 is 2.72 bits per heavy atom. The molecule has 1 aromatic carbocycles. The lowest BCUT2D eigenvalue weighted by molar-refractivity contribution is 0.571. The summed E-state index contributed by atoms with van der Waals surface area (Å²) >= 11 is 7.43. The van der Waals surface area contributed by atoms with Gasteiger partial charge in [0.2, 0.25) is 10.0 Å². The first-order chi connectivity index (χ1) is 8.40. The first-order valence-electron chi connectivity index (χ1n) is 5.11. The number of nitrogens with one attached hydrogen (secondary N) is 1. The Hall–Kier alpha value is -0.740. The minimum Gasteiger partial charge on any atom is -0.207 e. The number of nitrogens with zero attached hydrogens (tertiary/aromatic N) is 1. The molecule has 0 bridgehead atoms. The van der Waals surface area contributed by atoms with Crippen molar-refractivity contribution in [1.29, 1.82) is 5.26 Å². The summed E-state index contributed by atoms with van der Waals surface area (Å²) in [5.74, 6) is 0.674. The average Bonchev–Trinajstić information content (AvgIpc) is 2.27. The summed E-state index contributed by atoms with van der Waals surface area (Å²) in [5, 5.41) is 8.75. The van der Waals surface area contributed by atoms with E-state index in [-0.39, 0.29) is 16.0 Å². The highest BCUT2D eigenvalue weighted by atomic mass is 35.5. The summed E-state index contributed by atoms with van der Waals surface area (Å²) in [6, 6.07) is 5.84. The van der Waals surface area contributed by atoms with Crippen LogP contribution in [0.4, 0.5) is 0 Å².